The van der Waals surface area contributed by atoms with Crippen molar-refractivity contribution in [3.05, 3.63) is 105 Å². The lowest BCUT2D eigenvalue weighted by atomic mass is 10.1. The van der Waals surface area contributed by atoms with Crippen molar-refractivity contribution in [3.63, 3.8) is 0 Å². The van der Waals surface area contributed by atoms with E-state index in [4.69, 9.17) is 14.6 Å². The fraction of sp³-hybridized carbons (Fsp3) is 0.133. The summed E-state index contributed by atoms with van der Waals surface area (Å²) in [5, 5.41) is 9.19. The molecule has 3 heterocycles. The van der Waals surface area contributed by atoms with Crippen LogP contribution in [0.3, 0.4) is 0 Å². The third-order valence-electron chi connectivity index (χ3n) is 6.24. The summed E-state index contributed by atoms with van der Waals surface area (Å²) in [6.45, 7) is 2.70. The summed E-state index contributed by atoms with van der Waals surface area (Å²) >= 11 is 1.23. The van der Waals surface area contributed by atoms with Gasteiger partial charge in [-0.15, -0.1) is 5.10 Å². The maximum absolute atomic E-state index is 14.6. The molecular weight excluding hydrogens is 529 g/mol. The Hall–Kier alpha value is -4.83. The third kappa shape index (κ3) is 4.85. The average molecular weight is 554 g/mol. The molecule has 200 valence electrons. The Morgan fingerprint density at radius 2 is 1.77 bits per heavy atom. The van der Waals surface area contributed by atoms with E-state index < -0.39 is 5.82 Å². The molecule has 0 spiro atoms. The highest BCUT2D eigenvalue weighted by Crippen LogP contribution is 2.28. The monoisotopic (exact) mass is 553 g/mol. The first kappa shape index (κ1) is 25.4. The summed E-state index contributed by atoms with van der Waals surface area (Å²) in [5.74, 6) is 0.879. The second-order valence-corrected chi connectivity index (χ2v) is 9.99. The number of hydrogen-bond acceptors (Lipinski definition) is 7. The molecule has 0 aliphatic rings. The molecule has 0 N–H and O–H groups in total. The number of benzene rings is 3. The molecule has 8 nitrogen and oxygen atoms in total. The first-order valence-corrected chi connectivity index (χ1v) is 13.5. The van der Waals surface area contributed by atoms with Gasteiger partial charge in [-0.2, -0.15) is 14.6 Å². The molecule has 40 heavy (non-hydrogen) atoms. The summed E-state index contributed by atoms with van der Waals surface area (Å²) in [6.07, 6.45) is 4.49. The summed E-state index contributed by atoms with van der Waals surface area (Å²) in [5.41, 5.74) is 3.06. The number of halogens is 1. The third-order valence-corrected chi connectivity index (χ3v) is 7.20. The van der Waals surface area contributed by atoms with E-state index in [0.717, 1.165) is 23.4 Å². The molecule has 0 saturated carbocycles. The van der Waals surface area contributed by atoms with Crippen molar-refractivity contribution in [2.75, 3.05) is 13.7 Å². The number of nitrogens with zero attached hydrogens (tertiary/aromatic N) is 5. The Kier molecular flexibility index (Phi) is 6.83. The Morgan fingerprint density at radius 3 is 2.48 bits per heavy atom. The molecule has 0 saturated heterocycles. The van der Waals surface area contributed by atoms with Gasteiger partial charge >= 0.3 is 0 Å². The minimum Gasteiger partial charge on any atom is -0.494 e. The maximum Gasteiger partial charge on any atom is 0.291 e. The molecule has 6 rings (SSSR count). The number of thiazole rings is 1. The number of methoxy groups -OCH3 is 1. The van der Waals surface area contributed by atoms with Gasteiger partial charge in [0.1, 0.15) is 11.4 Å². The predicted octanol–water partition coefficient (Wildman–Crippen LogP) is 5.15. The second kappa shape index (κ2) is 10.7. The van der Waals surface area contributed by atoms with Gasteiger partial charge in [-0.1, -0.05) is 36.5 Å². The van der Waals surface area contributed by atoms with Gasteiger partial charge in [0.05, 0.1) is 23.9 Å². The topological polar surface area (TPSA) is 83.5 Å². The van der Waals surface area contributed by atoms with Gasteiger partial charge in [0.25, 0.3) is 5.56 Å². The van der Waals surface area contributed by atoms with Crippen molar-refractivity contribution in [1.29, 1.82) is 0 Å². The largest absolute Gasteiger partial charge is 0.494 e. The van der Waals surface area contributed by atoms with Crippen LogP contribution in [-0.4, -0.2) is 38.1 Å². The van der Waals surface area contributed by atoms with Crippen molar-refractivity contribution in [3.8, 4) is 39.8 Å². The van der Waals surface area contributed by atoms with Crippen molar-refractivity contribution < 1.29 is 13.9 Å². The fourth-order valence-electron chi connectivity index (χ4n) is 4.26. The maximum atomic E-state index is 14.6. The van der Waals surface area contributed by atoms with E-state index in [1.165, 1.54) is 29.0 Å². The first-order valence-electron chi connectivity index (χ1n) is 12.7. The zero-order chi connectivity index (χ0) is 27.6. The van der Waals surface area contributed by atoms with Gasteiger partial charge in [-0.3, -0.25) is 4.79 Å². The zero-order valence-corrected chi connectivity index (χ0v) is 22.6. The highest BCUT2D eigenvalue weighted by atomic mass is 32.1. The van der Waals surface area contributed by atoms with Crippen LogP contribution in [0.4, 0.5) is 4.39 Å². The van der Waals surface area contributed by atoms with Gasteiger partial charge in [-0.05, 0) is 67.1 Å². The van der Waals surface area contributed by atoms with E-state index >= 15 is 0 Å². The standard InChI is InChI=1S/C30H24FN5O3S/c1-3-15-39-23-12-9-19(10-13-23)28-32-30-36(34-28)29(37)26(40-30)17-21-18-35(22-7-5-4-6-8-22)33-27(21)20-11-14-25(38-2)24(31)16-20/h4-14,16-18H,3,15H2,1-2H3/b26-17-. The number of ether oxygens (including phenoxy) is 2. The first-order chi connectivity index (χ1) is 19.5. The lowest BCUT2D eigenvalue weighted by Crippen LogP contribution is -2.23. The molecule has 0 fully saturated rings. The van der Waals surface area contributed by atoms with Crippen molar-refractivity contribution >= 4 is 22.4 Å². The lowest BCUT2D eigenvalue weighted by molar-refractivity contribution is 0.317. The average Bonchev–Trinajstić information content (AvgIpc) is 3.67. The highest BCUT2D eigenvalue weighted by Gasteiger charge is 2.16. The summed E-state index contributed by atoms with van der Waals surface area (Å²) < 4.78 is 28.8. The Balaban J connectivity index is 1.41. The molecule has 10 heteroatoms. The molecule has 0 aliphatic heterocycles. The smallest absolute Gasteiger partial charge is 0.291 e. The number of para-hydroxylation sites is 1. The molecule has 3 aromatic heterocycles. The van der Waals surface area contributed by atoms with Crippen LogP contribution >= 0.6 is 11.3 Å². The summed E-state index contributed by atoms with van der Waals surface area (Å²) in [7, 11) is 1.42. The van der Waals surface area contributed by atoms with Gasteiger partial charge < -0.3 is 9.47 Å². The van der Waals surface area contributed by atoms with Crippen LogP contribution < -0.4 is 19.6 Å². The quantitative estimate of drug-likeness (QED) is 0.259. The minimum atomic E-state index is -0.499. The fourth-order valence-corrected chi connectivity index (χ4v) is 5.16. The zero-order valence-electron chi connectivity index (χ0n) is 21.7. The van der Waals surface area contributed by atoms with E-state index in [2.05, 4.69) is 17.0 Å². The molecule has 0 bridgehead atoms. The van der Waals surface area contributed by atoms with E-state index in [-0.39, 0.29) is 11.3 Å². The van der Waals surface area contributed by atoms with Crippen LogP contribution in [0, 0.1) is 5.82 Å². The van der Waals surface area contributed by atoms with Crippen LogP contribution in [0.15, 0.2) is 83.8 Å². The van der Waals surface area contributed by atoms with Gasteiger partial charge in [0, 0.05) is 22.9 Å². The van der Waals surface area contributed by atoms with Crippen molar-refractivity contribution in [2.24, 2.45) is 0 Å². The van der Waals surface area contributed by atoms with E-state index in [1.807, 2.05) is 60.8 Å². The van der Waals surface area contributed by atoms with Gasteiger partial charge in [0.2, 0.25) is 4.96 Å². The molecule has 0 unspecified atom stereocenters. The summed E-state index contributed by atoms with van der Waals surface area (Å²) in [6, 6.07) is 21.7. The van der Waals surface area contributed by atoms with Crippen LogP contribution in [0.5, 0.6) is 11.5 Å². The number of rotatable bonds is 8. The van der Waals surface area contributed by atoms with Crippen molar-refractivity contribution in [1.82, 2.24) is 24.4 Å². The number of aromatic nitrogens is 5. The lowest BCUT2D eigenvalue weighted by Gasteiger charge is -2.04. The van der Waals surface area contributed by atoms with Gasteiger partial charge in [-0.25, -0.2) is 9.07 Å². The summed E-state index contributed by atoms with van der Waals surface area (Å²) in [4.78, 5) is 18.4. The molecule has 0 aliphatic carbocycles. The molecule has 0 radical (unpaired) electrons. The highest BCUT2D eigenvalue weighted by molar-refractivity contribution is 7.15. The van der Waals surface area contributed by atoms with E-state index in [9.17, 15) is 9.18 Å². The van der Waals surface area contributed by atoms with Crippen LogP contribution in [-0.2, 0) is 0 Å². The van der Waals surface area contributed by atoms with Crippen LogP contribution in [0.2, 0.25) is 0 Å². The Bertz CT molecular complexity index is 1910. The Morgan fingerprint density at radius 1 is 1.00 bits per heavy atom. The predicted molar refractivity (Wildman–Crippen MR) is 153 cm³/mol. The SMILES string of the molecule is CCCOc1ccc(-c2nc3s/c(=C\c4cn(-c5ccccc5)nc4-c4ccc(OC)c(F)c4)c(=O)n3n2)cc1. The normalized spacial score (nSPS) is 11.8. The second-order valence-electron chi connectivity index (χ2n) is 8.98. The van der Waals surface area contributed by atoms with Crippen LogP contribution in [0.25, 0.3) is 39.4 Å². The van der Waals surface area contributed by atoms with Gasteiger partial charge in [0.15, 0.2) is 17.4 Å². The van der Waals surface area contributed by atoms with Crippen molar-refractivity contribution in [2.45, 2.75) is 13.3 Å². The minimum absolute atomic E-state index is 0.142. The van der Waals surface area contributed by atoms with E-state index in [0.29, 0.717) is 38.7 Å². The Labute approximate surface area is 232 Å². The van der Waals surface area contributed by atoms with Crippen LogP contribution in [0.1, 0.15) is 18.9 Å². The molecule has 3 aromatic carbocycles. The molecular formula is C30H24FN5O3S. The molecule has 6 aromatic rings. The molecule has 0 amide bonds. The number of hydrogen-bond donors (Lipinski definition) is 0. The molecule has 0 atom stereocenters. The number of fused-ring (bicyclic) bond motifs is 1. The van der Waals surface area contributed by atoms with E-state index in [1.54, 1.807) is 22.9 Å².